The van der Waals surface area contributed by atoms with Gasteiger partial charge in [-0.25, -0.2) is 4.98 Å². The average Bonchev–Trinajstić information content (AvgIpc) is 3.03. The van der Waals surface area contributed by atoms with Crippen molar-refractivity contribution in [2.45, 2.75) is 11.8 Å². The van der Waals surface area contributed by atoms with E-state index in [1.165, 1.54) is 12.1 Å². The van der Waals surface area contributed by atoms with E-state index in [1.807, 2.05) is 31.2 Å². The van der Waals surface area contributed by atoms with Crippen LogP contribution in [0.1, 0.15) is 11.4 Å². The summed E-state index contributed by atoms with van der Waals surface area (Å²) in [5.41, 5.74) is 2.16. The Labute approximate surface area is 168 Å². The van der Waals surface area contributed by atoms with Gasteiger partial charge in [0.15, 0.2) is 5.84 Å². The maximum atomic E-state index is 13.0. The number of imidazole rings is 1. The third kappa shape index (κ3) is 3.44. The smallest absolute Gasteiger partial charge is 0.279 e. The van der Waals surface area contributed by atoms with Crippen LogP contribution < -0.4 is 0 Å². The van der Waals surface area contributed by atoms with Gasteiger partial charge in [0.05, 0.1) is 15.9 Å². The Morgan fingerprint density at radius 3 is 2.29 bits per heavy atom. The summed E-state index contributed by atoms with van der Waals surface area (Å²) in [7, 11) is -3.92. The average molecular weight is 410 g/mol. The van der Waals surface area contributed by atoms with E-state index in [9.17, 15) is 8.42 Å². The number of aromatic nitrogens is 2. The highest BCUT2D eigenvalue weighted by molar-refractivity contribution is 7.90. The Morgan fingerprint density at radius 2 is 1.57 bits per heavy atom. The molecule has 4 aromatic rings. The lowest BCUT2D eigenvalue weighted by atomic mass is 10.2. The number of fused-ring (bicyclic) bond motifs is 1. The summed E-state index contributed by atoms with van der Waals surface area (Å²) in [5.74, 6) is 0.907. The van der Waals surface area contributed by atoms with Crippen molar-refractivity contribution in [2.24, 2.45) is 4.40 Å². The first-order valence-corrected chi connectivity index (χ1v) is 10.4. The van der Waals surface area contributed by atoms with E-state index in [-0.39, 0.29) is 10.7 Å². The monoisotopic (exact) mass is 409 g/mol. The van der Waals surface area contributed by atoms with Gasteiger partial charge in [-0.3, -0.25) is 4.57 Å². The fourth-order valence-corrected chi connectivity index (χ4v) is 4.14. The van der Waals surface area contributed by atoms with E-state index in [1.54, 1.807) is 47.0 Å². The number of rotatable bonds is 3. The predicted molar refractivity (Wildman–Crippen MR) is 111 cm³/mol. The SMILES string of the molecule is Cc1nc2ccccc2n1C(=NS(=O)(=O)c1ccccc1)c1ccc(Cl)cc1. The van der Waals surface area contributed by atoms with E-state index < -0.39 is 10.0 Å². The van der Waals surface area contributed by atoms with Crippen LogP contribution in [0, 0.1) is 6.92 Å². The number of halogens is 1. The molecule has 1 aromatic heterocycles. The maximum Gasteiger partial charge on any atom is 0.284 e. The van der Waals surface area contributed by atoms with E-state index in [4.69, 9.17) is 11.6 Å². The standard InChI is InChI=1S/C21H16ClN3O2S/c1-15-23-19-9-5-6-10-20(19)25(15)21(16-11-13-17(22)14-12-16)24-28(26,27)18-7-3-2-4-8-18/h2-14H,1H3. The van der Waals surface area contributed by atoms with Crippen molar-refractivity contribution >= 4 is 38.5 Å². The Balaban J connectivity index is 2.00. The first-order valence-electron chi connectivity index (χ1n) is 8.56. The van der Waals surface area contributed by atoms with Gasteiger partial charge in [0.25, 0.3) is 10.0 Å². The van der Waals surface area contributed by atoms with Crippen molar-refractivity contribution in [1.82, 2.24) is 9.55 Å². The highest BCUT2D eigenvalue weighted by Crippen LogP contribution is 2.21. The van der Waals surface area contributed by atoms with Gasteiger partial charge in [0.2, 0.25) is 0 Å². The van der Waals surface area contributed by atoms with Gasteiger partial charge < -0.3 is 0 Å². The highest BCUT2D eigenvalue weighted by Gasteiger charge is 2.20. The van der Waals surface area contributed by atoms with Crippen LogP contribution in [0.4, 0.5) is 0 Å². The molecule has 0 radical (unpaired) electrons. The van der Waals surface area contributed by atoms with Gasteiger partial charge in [0, 0.05) is 10.6 Å². The van der Waals surface area contributed by atoms with Crippen molar-refractivity contribution in [3.8, 4) is 0 Å². The van der Waals surface area contributed by atoms with Gasteiger partial charge in [-0.2, -0.15) is 8.42 Å². The molecule has 0 unspecified atom stereocenters. The molecular formula is C21H16ClN3O2S. The molecule has 0 N–H and O–H groups in total. The molecular weight excluding hydrogens is 394 g/mol. The molecule has 0 fully saturated rings. The van der Waals surface area contributed by atoms with Crippen LogP contribution in [0.2, 0.25) is 5.02 Å². The summed E-state index contributed by atoms with van der Waals surface area (Å²) in [4.78, 5) is 4.67. The van der Waals surface area contributed by atoms with E-state index in [2.05, 4.69) is 9.38 Å². The lowest BCUT2D eigenvalue weighted by Crippen LogP contribution is -2.17. The molecule has 0 spiro atoms. The summed E-state index contributed by atoms with van der Waals surface area (Å²) in [5, 5.41) is 0.557. The molecule has 7 heteroatoms. The van der Waals surface area contributed by atoms with Crippen LogP contribution in [0.25, 0.3) is 11.0 Å². The number of benzene rings is 3. The number of hydrogen-bond acceptors (Lipinski definition) is 3. The molecule has 0 saturated heterocycles. The second-order valence-electron chi connectivity index (χ2n) is 6.19. The van der Waals surface area contributed by atoms with Crippen molar-refractivity contribution < 1.29 is 8.42 Å². The fourth-order valence-electron chi connectivity index (χ4n) is 2.99. The Kier molecular flexibility index (Phi) is 4.75. The number of para-hydroxylation sites is 2. The number of sulfonamides is 1. The minimum atomic E-state index is -3.92. The molecule has 0 amide bonds. The lowest BCUT2D eigenvalue weighted by molar-refractivity contribution is 0.598. The molecule has 4 rings (SSSR count). The molecule has 28 heavy (non-hydrogen) atoms. The van der Waals surface area contributed by atoms with Gasteiger partial charge >= 0.3 is 0 Å². The normalized spacial score (nSPS) is 12.4. The van der Waals surface area contributed by atoms with E-state index in [0.717, 1.165) is 11.0 Å². The van der Waals surface area contributed by atoms with Crippen molar-refractivity contribution in [2.75, 3.05) is 0 Å². The Bertz CT molecular complexity index is 1280. The van der Waals surface area contributed by atoms with Crippen molar-refractivity contribution in [3.63, 3.8) is 0 Å². The van der Waals surface area contributed by atoms with E-state index in [0.29, 0.717) is 16.4 Å². The topological polar surface area (TPSA) is 64.3 Å². The zero-order valence-electron chi connectivity index (χ0n) is 14.9. The second kappa shape index (κ2) is 7.22. The zero-order chi connectivity index (χ0) is 19.7. The van der Waals surface area contributed by atoms with Crippen LogP contribution in [0.5, 0.6) is 0 Å². The predicted octanol–water partition coefficient (Wildman–Crippen LogP) is 4.68. The number of hydrogen-bond donors (Lipinski definition) is 0. The van der Waals surface area contributed by atoms with Crippen LogP contribution in [-0.4, -0.2) is 23.8 Å². The quantitative estimate of drug-likeness (QED) is 0.364. The largest absolute Gasteiger partial charge is 0.284 e. The zero-order valence-corrected chi connectivity index (χ0v) is 16.5. The van der Waals surface area contributed by atoms with E-state index >= 15 is 0 Å². The molecule has 3 aromatic carbocycles. The first kappa shape index (κ1) is 18.4. The molecule has 0 bridgehead atoms. The third-order valence-corrected chi connectivity index (χ3v) is 5.82. The molecule has 1 heterocycles. The molecule has 0 aliphatic heterocycles. The molecule has 140 valence electrons. The molecule has 5 nitrogen and oxygen atoms in total. The summed E-state index contributed by atoms with van der Waals surface area (Å²) in [6, 6.07) is 22.6. The summed E-state index contributed by atoms with van der Waals surface area (Å²) < 4.78 is 31.9. The molecule has 0 saturated carbocycles. The molecule has 0 aliphatic carbocycles. The maximum absolute atomic E-state index is 13.0. The van der Waals surface area contributed by atoms with Crippen LogP contribution in [-0.2, 0) is 10.0 Å². The van der Waals surface area contributed by atoms with Crippen LogP contribution in [0.3, 0.4) is 0 Å². The minimum Gasteiger partial charge on any atom is -0.279 e. The van der Waals surface area contributed by atoms with Gasteiger partial charge in [-0.05, 0) is 55.5 Å². The Morgan fingerprint density at radius 1 is 0.929 bits per heavy atom. The van der Waals surface area contributed by atoms with Crippen molar-refractivity contribution in [1.29, 1.82) is 0 Å². The number of nitrogens with zero attached hydrogens (tertiary/aromatic N) is 3. The van der Waals surface area contributed by atoms with Crippen LogP contribution >= 0.6 is 11.6 Å². The third-order valence-electron chi connectivity index (χ3n) is 4.29. The lowest BCUT2D eigenvalue weighted by Gasteiger charge is -2.12. The van der Waals surface area contributed by atoms with Crippen molar-refractivity contribution in [3.05, 3.63) is 95.3 Å². The summed E-state index contributed by atoms with van der Waals surface area (Å²) >= 11 is 6.02. The van der Waals surface area contributed by atoms with Gasteiger partial charge in [-0.1, -0.05) is 41.9 Å². The Hall–Kier alpha value is -2.96. The fraction of sp³-hybridized carbons (Fsp3) is 0.0476. The molecule has 0 aliphatic rings. The number of aryl methyl sites for hydroxylation is 1. The highest BCUT2D eigenvalue weighted by atomic mass is 35.5. The molecule has 0 atom stereocenters. The van der Waals surface area contributed by atoms with Crippen LogP contribution in [0.15, 0.2) is 88.2 Å². The minimum absolute atomic E-state index is 0.128. The summed E-state index contributed by atoms with van der Waals surface area (Å²) in [6.45, 7) is 1.82. The summed E-state index contributed by atoms with van der Waals surface area (Å²) in [6.07, 6.45) is 0. The van der Waals surface area contributed by atoms with Gasteiger partial charge in [0.1, 0.15) is 5.82 Å². The van der Waals surface area contributed by atoms with Gasteiger partial charge in [-0.15, -0.1) is 4.40 Å². The second-order valence-corrected chi connectivity index (χ2v) is 8.23. The first-order chi connectivity index (χ1) is 13.5.